The molecule has 0 saturated heterocycles. The first kappa shape index (κ1) is 17.5. The standard InChI is InChI=1S/C18H28N2O/c1-14(2)16-9-6-7-10-17(16)21-12-8-11-18(5,13-19)20-15(3)4/h6-7,9-10,14-15,20H,8,11-12H2,1-5H3. The first-order valence-electron chi connectivity index (χ1n) is 7.78. The Hall–Kier alpha value is -1.53. The van der Waals surface area contributed by atoms with Gasteiger partial charge in [0.2, 0.25) is 0 Å². The molecule has 1 N–H and O–H groups in total. The highest BCUT2D eigenvalue weighted by Gasteiger charge is 2.23. The van der Waals surface area contributed by atoms with Gasteiger partial charge in [-0.25, -0.2) is 0 Å². The summed E-state index contributed by atoms with van der Waals surface area (Å²) in [5.74, 6) is 1.41. The van der Waals surface area contributed by atoms with E-state index in [4.69, 9.17) is 4.74 Å². The van der Waals surface area contributed by atoms with Crippen LogP contribution in [0.25, 0.3) is 0 Å². The van der Waals surface area contributed by atoms with Crippen molar-refractivity contribution in [3.63, 3.8) is 0 Å². The van der Waals surface area contributed by atoms with Gasteiger partial charge in [-0.3, -0.25) is 5.32 Å². The van der Waals surface area contributed by atoms with E-state index in [0.717, 1.165) is 18.6 Å². The van der Waals surface area contributed by atoms with Gasteiger partial charge >= 0.3 is 0 Å². The molecule has 0 radical (unpaired) electrons. The Labute approximate surface area is 129 Å². The summed E-state index contributed by atoms with van der Waals surface area (Å²) in [7, 11) is 0. The van der Waals surface area contributed by atoms with Crippen LogP contribution in [0.15, 0.2) is 24.3 Å². The van der Waals surface area contributed by atoms with Gasteiger partial charge in [-0.2, -0.15) is 5.26 Å². The second kappa shape index (κ2) is 8.05. The van der Waals surface area contributed by atoms with E-state index in [1.807, 2.05) is 25.1 Å². The van der Waals surface area contributed by atoms with Crippen LogP contribution in [0.4, 0.5) is 0 Å². The summed E-state index contributed by atoms with van der Waals surface area (Å²) in [6.07, 6.45) is 1.64. The highest BCUT2D eigenvalue weighted by Crippen LogP contribution is 2.26. The minimum absolute atomic E-state index is 0.303. The van der Waals surface area contributed by atoms with Crippen molar-refractivity contribution in [2.75, 3.05) is 6.61 Å². The third kappa shape index (κ3) is 5.77. The number of benzene rings is 1. The highest BCUT2D eigenvalue weighted by atomic mass is 16.5. The van der Waals surface area contributed by atoms with Crippen LogP contribution in [0.2, 0.25) is 0 Å². The Bertz CT molecular complexity index is 476. The quantitative estimate of drug-likeness (QED) is 0.727. The Balaban J connectivity index is 2.49. The van der Waals surface area contributed by atoms with Crippen LogP contribution < -0.4 is 10.1 Å². The predicted molar refractivity (Wildman–Crippen MR) is 87.5 cm³/mol. The second-order valence-corrected chi connectivity index (χ2v) is 6.39. The lowest BCUT2D eigenvalue weighted by molar-refractivity contribution is 0.277. The summed E-state index contributed by atoms with van der Waals surface area (Å²) in [6.45, 7) is 11.1. The molecule has 0 fully saturated rings. The third-order valence-electron chi connectivity index (χ3n) is 3.47. The minimum Gasteiger partial charge on any atom is -0.493 e. The molecule has 3 nitrogen and oxygen atoms in total. The van der Waals surface area contributed by atoms with E-state index in [-0.39, 0.29) is 0 Å². The van der Waals surface area contributed by atoms with Crippen LogP contribution in [0.5, 0.6) is 5.75 Å². The molecule has 0 bridgehead atoms. The Morgan fingerprint density at radius 3 is 2.48 bits per heavy atom. The Kier molecular flexibility index (Phi) is 6.71. The zero-order valence-corrected chi connectivity index (χ0v) is 13.9. The number of hydrogen-bond donors (Lipinski definition) is 1. The molecule has 1 rings (SSSR count). The van der Waals surface area contributed by atoms with Crippen LogP contribution in [0, 0.1) is 11.3 Å². The molecule has 0 saturated carbocycles. The maximum atomic E-state index is 9.31. The molecule has 1 aromatic rings. The van der Waals surface area contributed by atoms with Crippen molar-refractivity contribution in [2.24, 2.45) is 0 Å². The van der Waals surface area contributed by atoms with E-state index in [2.05, 4.69) is 45.1 Å². The molecule has 0 aliphatic carbocycles. The second-order valence-electron chi connectivity index (χ2n) is 6.39. The summed E-state index contributed by atoms with van der Waals surface area (Å²) in [5, 5.41) is 12.6. The Morgan fingerprint density at radius 1 is 1.24 bits per heavy atom. The van der Waals surface area contributed by atoms with Crippen molar-refractivity contribution in [3.8, 4) is 11.8 Å². The van der Waals surface area contributed by atoms with Crippen molar-refractivity contribution in [1.82, 2.24) is 5.32 Å². The highest BCUT2D eigenvalue weighted by molar-refractivity contribution is 5.35. The lowest BCUT2D eigenvalue weighted by Crippen LogP contribution is -2.45. The van der Waals surface area contributed by atoms with Crippen LogP contribution in [0.3, 0.4) is 0 Å². The lowest BCUT2D eigenvalue weighted by Gasteiger charge is -2.26. The summed E-state index contributed by atoms with van der Waals surface area (Å²) in [5.41, 5.74) is 0.760. The number of hydrogen-bond acceptors (Lipinski definition) is 3. The first-order valence-corrected chi connectivity index (χ1v) is 7.78. The van der Waals surface area contributed by atoms with E-state index in [1.54, 1.807) is 0 Å². The molecule has 0 amide bonds. The van der Waals surface area contributed by atoms with Crippen molar-refractivity contribution < 1.29 is 4.74 Å². The molecule has 0 aliphatic rings. The van der Waals surface area contributed by atoms with Gasteiger partial charge in [0.1, 0.15) is 11.3 Å². The largest absolute Gasteiger partial charge is 0.493 e. The number of nitrogens with one attached hydrogen (secondary N) is 1. The fourth-order valence-corrected chi connectivity index (χ4v) is 2.49. The summed E-state index contributed by atoms with van der Waals surface area (Å²) >= 11 is 0. The van der Waals surface area contributed by atoms with Crippen molar-refractivity contribution in [2.45, 2.75) is 65.0 Å². The maximum absolute atomic E-state index is 9.31. The van der Waals surface area contributed by atoms with Gasteiger partial charge in [-0.1, -0.05) is 32.0 Å². The van der Waals surface area contributed by atoms with Gasteiger partial charge in [0.15, 0.2) is 0 Å². The maximum Gasteiger partial charge on any atom is 0.122 e. The topological polar surface area (TPSA) is 45.0 Å². The van der Waals surface area contributed by atoms with Gasteiger partial charge in [-0.05, 0) is 51.2 Å². The molecule has 116 valence electrons. The molecule has 0 heterocycles. The molecule has 1 unspecified atom stereocenters. The zero-order chi connectivity index (χ0) is 15.9. The minimum atomic E-state index is -0.477. The van der Waals surface area contributed by atoms with E-state index < -0.39 is 5.54 Å². The van der Waals surface area contributed by atoms with Gasteiger partial charge in [0, 0.05) is 6.04 Å². The molecule has 0 aromatic heterocycles. The van der Waals surface area contributed by atoms with Crippen molar-refractivity contribution in [1.29, 1.82) is 5.26 Å². The van der Waals surface area contributed by atoms with E-state index in [0.29, 0.717) is 18.6 Å². The monoisotopic (exact) mass is 288 g/mol. The lowest BCUT2D eigenvalue weighted by atomic mass is 9.97. The molecular weight excluding hydrogens is 260 g/mol. The SMILES string of the molecule is CC(C)NC(C)(C#N)CCCOc1ccccc1C(C)C. The third-order valence-corrected chi connectivity index (χ3v) is 3.47. The van der Waals surface area contributed by atoms with Crippen molar-refractivity contribution in [3.05, 3.63) is 29.8 Å². The zero-order valence-electron chi connectivity index (χ0n) is 13.9. The average molecular weight is 288 g/mol. The van der Waals surface area contributed by atoms with Crippen LogP contribution in [0.1, 0.15) is 58.9 Å². The molecular formula is C18H28N2O. The fraction of sp³-hybridized carbons (Fsp3) is 0.611. The smallest absolute Gasteiger partial charge is 0.122 e. The normalized spacial score (nSPS) is 14.0. The summed E-state index contributed by atoms with van der Waals surface area (Å²) < 4.78 is 5.91. The first-order chi connectivity index (χ1) is 9.88. The molecule has 1 aromatic carbocycles. The molecule has 0 spiro atoms. The van der Waals surface area contributed by atoms with Crippen LogP contribution >= 0.6 is 0 Å². The van der Waals surface area contributed by atoms with Gasteiger partial charge in [0.05, 0.1) is 12.7 Å². The average Bonchev–Trinajstić information content (AvgIpc) is 2.43. The predicted octanol–water partition coefficient (Wildman–Crippen LogP) is 4.25. The van der Waals surface area contributed by atoms with E-state index >= 15 is 0 Å². The number of nitrogens with zero attached hydrogens (tertiary/aromatic N) is 1. The number of nitriles is 1. The molecule has 21 heavy (non-hydrogen) atoms. The van der Waals surface area contributed by atoms with E-state index in [9.17, 15) is 5.26 Å². The number of para-hydroxylation sites is 1. The van der Waals surface area contributed by atoms with Gasteiger partial charge in [0.25, 0.3) is 0 Å². The van der Waals surface area contributed by atoms with Crippen LogP contribution in [-0.2, 0) is 0 Å². The molecule has 3 heteroatoms. The van der Waals surface area contributed by atoms with Crippen molar-refractivity contribution >= 4 is 0 Å². The van der Waals surface area contributed by atoms with E-state index in [1.165, 1.54) is 5.56 Å². The summed E-state index contributed by atoms with van der Waals surface area (Å²) in [4.78, 5) is 0. The van der Waals surface area contributed by atoms with Gasteiger partial charge in [-0.15, -0.1) is 0 Å². The van der Waals surface area contributed by atoms with Crippen LogP contribution in [-0.4, -0.2) is 18.2 Å². The molecule has 0 aliphatic heterocycles. The Morgan fingerprint density at radius 2 is 1.90 bits per heavy atom. The summed E-state index contributed by atoms with van der Waals surface area (Å²) in [6, 6.07) is 10.8. The number of rotatable bonds is 8. The van der Waals surface area contributed by atoms with Gasteiger partial charge < -0.3 is 4.74 Å². The fourth-order valence-electron chi connectivity index (χ4n) is 2.49. The molecule has 1 atom stereocenters. The number of ether oxygens (including phenoxy) is 1.